The molecule has 0 fully saturated rings. The molecule has 0 aliphatic rings. The van der Waals surface area contributed by atoms with E-state index in [-0.39, 0.29) is 11.8 Å². The number of rotatable bonds is 4. The molecule has 1 aromatic carbocycles. The van der Waals surface area contributed by atoms with Gasteiger partial charge in [0, 0.05) is 4.88 Å². The number of aromatic nitrogens is 2. The fourth-order valence-corrected chi connectivity index (χ4v) is 3.19. The molecule has 0 bridgehead atoms. The predicted octanol–water partition coefficient (Wildman–Crippen LogP) is 3.51. The van der Waals surface area contributed by atoms with Gasteiger partial charge in [-0.2, -0.15) is 0 Å². The van der Waals surface area contributed by atoms with E-state index in [4.69, 9.17) is 16.7 Å². The second-order valence-corrected chi connectivity index (χ2v) is 5.65. The van der Waals surface area contributed by atoms with Crippen LogP contribution in [0.4, 0.5) is 5.82 Å². The van der Waals surface area contributed by atoms with Crippen molar-refractivity contribution in [3.63, 3.8) is 0 Å². The lowest BCUT2D eigenvalue weighted by Gasteiger charge is -2.03. The number of carbonyl (C=O) groups is 1. The Morgan fingerprint density at radius 3 is 2.76 bits per heavy atom. The van der Waals surface area contributed by atoms with Crippen molar-refractivity contribution in [3.05, 3.63) is 41.7 Å². The molecular weight excluding hydrogens is 310 g/mol. The van der Waals surface area contributed by atoms with Crippen LogP contribution < -0.4 is 5.32 Å². The molecule has 0 saturated carbocycles. The number of hydrogen-bond donors (Lipinski definition) is 2. The van der Waals surface area contributed by atoms with Crippen molar-refractivity contribution in [3.8, 4) is 10.4 Å². The highest BCUT2D eigenvalue weighted by molar-refractivity contribution is 7.22. The Kier molecular flexibility index (Phi) is 3.72. The number of fused-ring (bicyclic) bond motifs is 1. The van der Waals surface area contributed by atoms with Crippen LogP contribution >= 0.6 is 22.9 Å². The summed E-state index contributed by atoms with van der Waals surface area (Å²) >= 11 is 7.38. The molecule has 2 N–H and O–H groups in total. The summed E-state index contributed by atoms with van der Waals surface area (Å²) in [5.41, 5.74) is 1.07. The lowest BCUT2D eigenvalue weighted by atomic mass is 10.2. The van der Waals surface area contributed by atoms with E-state index in [2.05, 4.69) is 15.3 Å². The molecular formula is C14H10ClN3O2S. The van der Waals surface area contributed by atoms with Crippen LogP contribution in [-0.2, 0) is 4.79 Å². The molecule has 2 heterocycles. The molecule has 0 unspecified atom stereocenters. The van der Waals surface area contributed by atoms with Gasteiger partial charge < -0.3 is 10.4 Å². The Balaban J connectivity index is 2.08. The SMILES string of the molecule is O=C(O)CNc1nc(Cl)nc2sc(-c3ccccc3)cc12. The summed E-state index contributed by atoms with van der Waals surface area (Å²) in [6.07, 6.45) is 0. The first-order valence-corrected chi connectivity index (χ1v) is 7.31. The van der Waals surface area contributed by atoms with E-state index in [0.29, 0.717) is 5.82 Å². The highest BCUT2D eigenvalue weighted by Gasteiger charge is 2.12. The molecule has 106 valence electrons. The van der Waals surface area contributed by atoms with Crippen LogP contribution in [0.5, 0.6) is 0 Å². The lowest BCUT2D eigenvalue weighted by molar-refractivity contribution is -0.134. The van der Waals surface area contributed by atoms with Gasteiger partial charge in [-0.3, -0.25) is 4.79 Å². The number of carboxylic acids is 1. The van der Waals surface area contributed by atoms with Crippen molar-refractivity contribution in [1.29, 1.82) is 0 Å². The Morgan fingerprint density at radius 1 is 1.29 bits per heavy atom. The molecule has 21 heavy (non-hydrogen) atoms. The van der Waals surface area contributed by atoms with Crippen LogP contribution in [0.3, 0.4) is 0 Å². The van der Waals surface area contributed by atoms with Crippen molar-refractivity contribution in [2.24, 2.45) is 0 Å². The van der Waals surface area contributed by atoms with Crippen LogP contribution in [-0.4, -0.2) is 27.6 Å². The molecule has 0 amide bonds. The average molecular weight is 320 g/mol. The zero-order valence-corrected chi connectivity index (χ0v) is 12.3. The van der Waals surface area contributed by atoms with E-state index in [1.54, 1.807) is 0 Å². The van der Waals surface area contributed by atoms with Crippen molar-refractivity contribution < 1.29 is 9.90 Å². The third-order valence-electron chi connectivity index (χ3n) is 2.83. The molecule has 3 aromatic rings. The third-order valence-corrected chi connectivity index (χ3v) is 4.08. The number of benzene rings is 1. The van der Waals surface area contributed by atoms with Gasteiger partial charge in [0.15, 0.2) is 0 Å². The van der Waals surface area contributed by atoms with Crippen LogP contribution in [0.2, 0.25) is 5.28 Å². The molecule has 5 nitrogen and oxygen atoms in total. The van der Waals surface area contributed by atoms with Gasteiger partial charge in [-0.15, -0.1) is 11.3 Å². The topological polar surface area (TPSA) is 75.1 Å². The number of nitrogens with zero attached hydrogens (tertiary/aromatic N) is 2. The van der Waals surface area contributed by atoms with Crippen LogP contribution in [0.1, 0.15) is 0 Å². The Bertz CT molecular complexity index is 805. The van der Waals surface area contributed by atoms with Gasteiger partial charge in [0.2, 0.25) is 5.28 Å². The molecule has 0 aliphatic heterocycles. The minimum Gasteiger partial charge on any atom is -0.480 e. The van der Waals surface area contributed by atoms with Crippen molar-refractivity contribution in [1.82, 2.24) is 9.97 Å². The van der Waals surface area contributed by atoms with Gasteiger partial charge in [-0.05, 0) is 23.2 Å². The molecule has 0 saturated heterocycles. The van der Waals surface area contributed by atoms with Gasteiger partial charge >= 0.3 is 5.97 Å². The fourth-order valence-electron chi connectivity index (χ4n) is 1.93. The Hall–Kier alpha value is -2.18. The highest BCUT2D eigenvalue weighted by Crippen LogP contribution is 2.35. The van der Waals surface area contributed by atoms with E-state index < -0.39 is 5.97 Å². The smallest absolute Gasteiger partial charge is 0.322 e. The molecule has 0 radical (unpaired) electrons. The lowest BCUT2D eigenvalue weighted by Crippen LogP contribution is -2.13. The van der Waals surface area contributed by atoms with Gasteiger partial charge in [0.25, 0.3) is 0 Å². The summed E-state index contributed by atoms with van der Waals surface area (Å²) in [5, 5.41) is 12.4. The summed E-state index contributed by atoms with van der Waals surface area (Å²) in [7, 11) is 0. The number of nitrogens with one attached hydrogen (secondary N) is 1. The zero-order valence-electron chi connectivity index (χ0n) is 10.7. The largest absolute Gasteiger partial charge is 0.480 e. The molecule has 7 heteroatoms. The van der Waals surface area contributed by atoms with Gasteiger partial charge in [0.1, 0.15) is 17.2 Å². The summed E-state index contributed by atoms with van der Waals surface area (Å²) < 4.78 is 0. The number of halogens is 1. The maximum Gasteiger partial charge on any atom is 0.322 e. The number of hydrogen-bond acceptors (Lipinski definition) is 5. The van der Waals surface area contributed by atoms with E-state index in [1.165, 1.54) is 11.3 Å². The van der Waals surface area contributed by atoms with Gasteiger partial charge in [-0.1, -0.05) is 30.3 Å². The minimum atomic E-state index is -0.962. The quantitative estimate of drug-likeness (QED) is 0.720. The Labute approximate surface area is 129 Å². The van der Waals surface area contributed by atoms with Crippen LogP contribution in [0.25, 0.3) is 20.7 Å². The van der Waals surface area contributed by atoms with Crippen LogP contribution in [0, 0.1) is 0 Å². The first-order chi connectivity index (χ1) is 10.1. The third kappa shape index (κ3) is 2.96. The van der Waals surface area contributed by atoms with Gasteiger partial charge in [-0.25, -0.2) is 9.97 Å². The summed E-state index contributed by atoms with van der Waals surface area (Å²) in [6, 6.07) is 11.8. The predicted molar refractivity (Wildman–Crippen MR) is 84.0 cm³/mol. The molecule has 3 rings (SSSR count). The number of carboxylic acid groups (broad SMARTS) is 1. The maximum atomic E-state index is 10.7. The van der Waals surface area contributed by atoms with Gasteiger partial charge in [0.05, 0.1) is 5.39 Å². The van der Waals surface area contributed by atoms with Crippen molar-refractivity contribution in [2.75, 3.05) is 11.9 Å². The first kappa shape index (κ1) is 13.8. The Morgan fingerprint density at radius 2 is 2.05 bits per heavy atom. The first-order valence-electron chi connectivity index (χ1n) is 6.11. The highest BCUT2D eigenvalue weighted by atomic mass is 35.5. The average Bonchev–Trinajstić information content (AvgIpc) is 2.89. The monoisotopic (exact) mass is 319 g/mol. The molecule has 0 aliphatic carbocycles. The molecule has 0 spiro atoms. The van der Waals surface area contributed by atoms with E-state index in [9.17, 15) is 4.79 Å². The zero-order chi connectivity index (χ0) is 14.8. The van der Waals surface area contributed by atoms with Crippen LogP contribution in [0.15, 0.2) is 36.4 Å². The minimum absolute atomic E-state index is 0.0943. The van der Waals surface area contributed by atoms with Crippen molar-refractivity contribution >= 4 is 44.9 Å². The van der Waals surface area contributed by atoms with Crippen molar-refractivity contribution in [2.45, 2.75) is 0 Å². The summed E-state index contributed by atoms with van der Waals surface area (Å²) in [6.45, 7) is -0.223. The fraction of sp³-hybridized carbons (Fsp3) is 0.0714. The normalized spacial score (nSPS) is 10.7. The van der Waals surface area contributed by atoms with E-state index >= 15 is 0 Å². The second-order valence-electron chi connectivity index (χ2n) is 4.28. The number of anilines is 1. The summed E-state index contributed by atoms with van der Waals surface area (Å²) in [4.78, 5) is 20.7. The summed E-state index contributed by atoms with van der Waals surface area (Å²) in [5.74, 6) is -0.526. The number of aliphatic carboxylic acids is 1. The second kappa shape index (κ2) is 5.67. The van der Waals surface area contributed by atoms with E-state index in [0.717, 1.165) is 20.7 Å². The molecule has 0 atom stereocenters. The number of thiophene rings is 1. The standard InChI is InChI=1S/C14H10ClN3O2S/c15-14-17-12(16-7-11(19)20)9-6-10(21-13(9)18-14)8-4-2-1-3-5-8/h1-6H,7H2,(H,19,20)(H,16,17,18). The van der Waals surface area contributed by atoms with E-state index in [1.807, 2.05) is 36.4 Å². The maximum absolute atomic E-state index is 10.7. The molecule has 2 aromatic heterocycles.